The minimum absolute atomic E-state index is 0.122. The number of nitrogen functional groups attached to an aromatic ring is 1. The Balaban J connectivity index is 1.33. The Morgan fingerprint density at radius 3 is 2.64 bits per heavy atom. The maximum absolute atomic E-state index is 13.3. The molecule has 36 heavy (non-hydrogen) atoms. The Kier molecular flexibility index (Phi) is 5.80. The second kappa shape index (κ2) is 8.72. The van der Waals surface area contributed by atoms with Gasteiger partial charge in [0.25, 0.3) is 0 Å². The van der Waals surface area contributed by atoms with Crippen LogP contribution in [0.1, 0.15) is 37.9 Å². The molecule has 1 atom stereocenters. The van der Waals surface area contributed by atoms with Crippen molar-refractivity contribution in [1.29, 1.82) is 0 Å². The summed E-state index contributed by atoms with van der Waals surface area (Å²) in [7, 11) is 0. The number of carbonyl (C=O) groups excluding carboxylic acids is 1. The van der Waals surface area contributed by atoms with E-state index in [1.807, 2.05) is 24.6 Å². The molecule has 5 rings (SSSR count). The number of nitrogens with two attached hydrogens (primary N) is 1. The highest BCUT2D eigenvalue weighted by atomic mass is 19.3. The van der Waals surface area contributed by atoms with Gasteiger partial charge < -0.3 is 20.7 Å². The maximum atomic E-state index is 13.3. The Labute approximate surface area is 206 Å². The predicted molar refractivity (Wildman–Crippen MR) is 127 cm³/mol. The SMILES string of the molecule is CC(C)(NC(=O)N1CC[C@@]2(CCn3nc(-c4cnc(N)c(OC(F)F)c4)cc32)C1)c1ccc(F)cc1. The molecule has 1 fully saturated rings. The summed E-state index contributed by atoms with van der Waals surface area (Å²) in [5.74, 6) is -0.645. The van der Waals surface area contributed by atoms with Crippen molar-refractivity contribution in [2.45, 2.75) is 50.8 Å². The number of amides is 2. The van der Waals surface area contributed by atoms with Gasteiger partial charge in [0.2, 0.25) is 0 Å². The minimum atomic E-state index is -3.01. The third-order valence-corrected chi connectivity index (χ3v) is 7.15. The monoisotopic (exact) mass is 500 g/mol. The van der Waals surface area contributed by atoms with Crippen molar-refractivity contribution >= 4 is 11.8 Å². The van der Waals surface area contributed by atoms with E-state index in [0.29, 0.717) is 30.9 Å². The highest BCUT2D eigenvalue weighted by molar-refractivity contribution is 5.76. The summed E-state index contributed by atoms with van der Waals surface area (Å²) in [5, 5.41) is 7.72. The number of halogens is 3. The number of alkyl halides is 2. The van der Waals surface area contributed by atoms with E-state index in [1.54, 1.807) is 17.0 Å². The molecule has 0 aliphatic carbocycles. The van der Waals surface area contributed by atoms with E-state index in [9.17, 15) is 18.0 Å². The molecular formula is C25H27F3N6O2. The van der Waals surface area contributed by atoms with E-state index < -0.39 is 12.2 Å². The number of urea groups is 1. The summed E-state index contributed by atoms with van der Waals surface area (Å²) in [5.41, 5.74) is 7.64. The first-order chi connectivity index (χ1) is 17.1. The van der Waals surface area contributed by atoms with E-state index in [4.69, 9.17) is 5.73 Å². The number of nitrogens with one attached hydrogen (secondary N) is 1. The molecule has 2 aliphatic heterocycles. The van der Waals surface area contributed by atoms with Crippen LogP contribution in [-0.4, -0.2) is 45.4 Å². The number of hydrogen-bond acceptors (Lipinski definition) is 5. The van der Waals surface area contributed by atoms with Gasteiger partial charge in [-0.3, -0.25) is 4.68 Å². The molecule has 3 aromatic rings. The van der Waals surface area contributed by atoms with Crippen LogP contribution < -0.4 is 15.8 Å². The van der Waals surface area contributed by atoms with Crippen LogP contribution in [0.25, 0.3) is 11.3 Å². The molecule has 2 aromatic heterocycles. The van der Waals surface area contributed by atoms with Crippen LogP contribution in [0.2, 0.25) is 0 Å². The summed E-state index contributed by atoms with van der Waals surface area (Å²) in [4.78, 5) is 18.9. The Hall–Kier alpha value is -3.76. The summed E-state index contributed by atoms with van der Waals surface area (Å²) in [6, 6.07) is 9.25. The number of rotatable bonds is 5. The lowest BCUT2D eigenvalue weighted by Gasteiger charge is -2.30. The number of benzene rings is 1. The fourth-order valence-electron chi connectivity index (χ4n) is 5.13. The average Bonchev–Trinajstić information content (AvgIpc) is 3.52. The van der Waals surface area contributed by atoms with Crippen LogP contribution in [0.3, 0.4) is 0 Å². The molecule has 0 bridgehead atoms. The molecule has 2 amide bonds. The number of pyridine rings is 1. The summed E-state index contributed by atoms with van der Waals surface area (Å²) in [6.45, 7) is 2.56. The van der Waals surface area contributed by atoms with Crippen LogP contribution in [0.5, 0.6) is 5.75 Å². The van der Waals surface area contributed by atoms with Gasteiger partial charge in [0.05, 0.1) is 11.2 Å². The molecule has 4 heterocycles. The second-order valence-corrected chi connectivity index (χ2v) is 9.89. The molecule has 190 valence electrons. The standard InChI is InChI=1S/C25H27F3N6O2/c1-24(2,16-3-5-17(26)6-4-16)31-23(35)33-9-7-25(14-33)8-10-34-20(25)12-18(32-34)15-11-19(36-22(27)28)21(29)30-13-15/h3-6,11-13,22H,7-10,14H2,1-2H3,(H2,29,30)(H,31,35)/t25-/m1/s1. The predicted octanol–water partition coefficient (Wildman–Crippen LogP) is 4.26. The zero-order valence-corrected chi connectivity index (χ0v) is 20.0. The van der Waals surface area contributed by atoms with Crippen molar-refractivity contribution in [1.82, 2.24) is 25.0 Å². The first-order valence-electron chi connectivity index (χ1n) is 11.7. The molecule has 0 radical (unpaired) electrons. The first kappa shape index (κ1) is 24.0. The molecule has 8 nitrogen and oxygen atoms in total. The van der Waals surface area contributed by atoms with Gasteiger partial charge in [0.1, 0.15) is 5.82 Å². The van der Waals surface area contributed by atoms with E-state index in [-0.39, 0.29) is 28.8 Å². The number of nitrogens with zero attached hydrogens (tertiary/aromatic N) is 4. The van der Waals surface area contributed by atoms with Gasteiger partial charge in [-0.2, -0.15) is 13.9 Å². The van der Waals surface area contributed by atoms with E-state index in [1.165, 1.54) is 24.4 Å². The van der Waals surface area contributed by atoms with Crippen LogP contribution >= 0.6 is 0 Å². The summed E-state index contributed by atoms with van der Waals surface area (Å²) >= 11 is 0. The zero-order valence-electron chi connectivity index (χ0n) is 20.0. The number of ether oxygens (including phenoxy) is 1. The molecule has 0 saturated carbocycles. The third-order valence-electron chi connectivity index (χ3n) is 7.15. The van der Waals surface area contributed by atoms with Crippen LogP contribution in [0.4, 0.5) is 23.8 Å². The van der Waals surface area contributed by atoms with Crippen molar-refractivity contribution in [3.05, 3.63) is 59.7 Å². The van der Waals surface area contributed by atoms with Crippen molar-refractivity contribution < 1.29 is 22.7 Å². The number of aryl methyl sites for hydroxylation is 1. The van der Waals surface area contributed by atoms with Gasteiger partial charge in [0, 0.05) is 42.5 Å². The van der Waals surface area contributed by atoms with E-state index in [2.05, 4.69) is 20.1 Å². The van der Waals surface area contributed by atoms with Crippen molar-refractivity contribution in [3.63, 3.8) is 0 Å². The second-order valence-electron chi connectivity index (χ2n) is 9.89. The molecule has 1 saturated heterocycles. The van der Waals surface area contributed by atoms with Gasteiger partial charge in [-0.1, -0.05) is 12.1 Å². The fourth-order valence-corrected chi connectivity index (χ4v) is 5.13. The van der Waals surface area contributed by atoms with Gasteiger partial charge in [-0.05, 0) is 56.5 Å². The number of aromatic nitrogens is 3. The van der Waals surface area contributed by atoms with Crippen molar-refractivity contribution in [2.24, 2.45) is 0 Å². The average molecular weight is 501 g/mol. The summed E-state index contributed by atoms with van der Waals surface area (Å²) < 4.78 is 45.1. The lowest BCUT2D eigenvalue weighted by atomic mass is 9.82. The Bertz CT molecular complexity index is 1290. The van der Waals surface area contributed by atoms with Gasteiger partial charge >= 0.3 is 12.6 Å². The number of hydrogen-bond donors (Lipinski definition) is 2. The van der Waals surface area contributed by atoms with Crippen LogP contribution in [0.15, 0.2) is 42.6 Å². The Morgan fingerprint density at radius 2 is 1.92 bits per heavy atom. The lowest BCUT2D eigenvalue weighted by molar-refractivity contribution is -0.0494. The lowest BCUT2D eigenvalue weighted by Crippen LogP contribution is -2.48. The molecule has 11 heteroatoms. The fraction of sp³-hybridized carbons (Fsp3) is 0.400. The molecular weight excluding hydrogens is 473 g/mol. The molecule has 1 spiro atoms. The minimum Gasteiger partial charge on any atom is -0.431 e. The first-order valence-corrected chi connectivity index (χ1v) is 11.7. The summed E-state index contributed by atoms with van der Waals surface area (Å²) in [6.07, 6.45) is 3.10. The molecule has 2 aliphatic rings. The van der Waals surface area contributed by atoms with Gasteiger partial charge in [-0.25, -0.2) is 14.2 Å². The quantitative estimate of drug-likeness (QED) is 0.546. The number of fused-ring (bicyclic) bond motifs is 2. The number of carbonyl (C=O) groups is 1. The smallest absolute Gasteiger partial charge is 0.387 e. The Morgan fingerprint density at radius 1 is 1.19 bits per heavy atom. The van der Waals surface area contributed by atoms with Crippen LogP contribution in [0, 0.1) is 5.82 Å². The van der Waals surface area contributed by atoms with Crippen LogP contribution in [-0.2, 0) is 17.5 Å². The van der Waals surface area contributed by atoms with Crippen molar-refractivity contribution in [3.8, 4) is 17.0 Å². The van der Waals surface area contributed by atoms with E-state index >= 15 is 0 Å². The number of likely N-dealkylation sites (tertiary alicyclic amines) is 1. The zero-order chi connectivity index (χ0) is 25.7. The maximum Gasteiger partial charge on any atom is 0.387 e. The normalized spacial score (nSPS) is 19.2. The highest BCUT2D eigenvalue weighted by Crippen LogP contribution is 2.44. The molecule has 1 aromatic carbocycles. The topological polar surface area (TPSA) is 98.3 Å². The highest BCUT2D eigenvalue weighted by Gasteiger charge is 2.47. The molecule has 3 N–H and O–H groups in total. The third kappa shape index (κ3) is 4.33. The van der Waals surface area contributed by atoms with Gasteiger partial charge in [-0.15, -0.1) is 0 Å². The van der Waals surface area contributed by atoms with Crippen molar-refractivity contribution in [2.75, 3.05) is 18.8 Å². The number of anilines is 1. The largest absolute Gasteiger partial charge is 0.431 e. The van der Waals surface area contributed by atoms with E-state index in [0.717, 1.165) is 24.1 Å². The van der Waals surface area contributed by atoms with Gasteiger partial charge in [0.15, 0.2) is 11.6 Å². The molecule has 0 unspecified atom stereocenters.